The van der Waals surface area contributed by atoms with Gasteiger partial charge in [0.1, 0.15) is 11.6 Å². The minimum absolute atomic E-state index is 0.0168. The zero-order valence-corrected chi connectivity index (χ0v) is 16.1. The molecule has 2 rings (SSSR count). The third-order valence-corrected chi connectivity index (χ3v) is 4.46. The van der Waals surface area contributed by atoms with Crippen molar-refractivity contribution in [2.75, 3.05) is 4.90 Å². The number of nitrogens with zero attached hydrogens (tertiary/aromatic N) is 1. The average molecular weight is 419 g/mol. The Kier molecular flexibility index (Phi) is 5.71. The number of anilines is 1. The molecular formula is C17H21BrF2N2O3. The summed E-state index contributed by atoms with van der Waals surface area (Å²) in [4.78, 5) is 25.8. The molecule has 1 aliphatic heterocycles. The van der Waals surface area contributed by atoms with Crippen molar-refractivity contribution >= 4 is 33.6 Å². The van der Waals surface area contributed by atoms with Crippen LogP contribution in [-0.4, -0.2) is 29.7 Å². The summed E-state index contributed by atoms with van der Waals surface area (Å²) >= 11 is 2.92. The molecular weight excluding hydrogens is 398 g/mol. The summed E-state index contributed by atoms with van der Waals surface area (Å²) in [5.74, 6) is -2.64. The molecule has 1 N–H and O–H groups in total. The van der Waals surface area contributed by atoms with Crippen LogP contribution in [0.2, 0.25) is 0 Å². The Hall–Kier alpha value is -1.70. The van der Waals surface area contributed by atoms with Crippen LogP contribution >= 0.6 is 15.9 Å². The Morgan fingerprint density at radius 2 is 2.00 bits per heavy atom. The van der Waals surface area contributed by atoms with Gasteiger partial charge in [-0.05, 0) is 61.7 Å². The first kappa shape index (κ1) is 19.6. The molecule has 5 nitrogen and oxygen atoms in total. The summed E-state index contributed by atoms with van der Waals surface area (Å²) in [7, 11) is 0. The van der Waals surface area contributed by atoms with E-state index >= 15 is 0 Å². The minimum Gasteiger partial charge on any atom is -0.444 e. The molecule has 1 heterocycles. The Balaban J connectivity index is 2.24. The number of halogens is 3. The molecule has 0 aliphatic carbocycles. The highest BCUT2D eigenvalue weighted by Gasteiger charge is 2.42. The van der Waals surface area contributed by atoms with Gasteiger partial charge in [0, 0.05) is 6.04 Å². The van der Waals surface area contributed by atoms with E-state index in [9.17, 15) is 18.4 Å². The lowest BCUT2D eigenvalue weighted by Gasteiger charge is -2.24. The van der Waals surface area contributed by atoms with Crippen molar-refractivity contribution in [1.82, 2.24) is 5.32 Å². The van der Waals surface area contributed by atoms with Gasteiger partial charge in [0.15, 0.2) is 11.6 Å². The Bertz CT molecular complexity index is 691. The van der Waals surface area contributed by atoms with Crippen LogP contribution in [-0.2, 0) is 9.53 Å². The number of carbonyl (C=O) groups excluding carboxylic acids is 2. The zero-order chi connectivity index (χ0) is 18.9. The lowest BCUT2D eigenvalue weighted by molar-refractivity contribution is -0.119. The normalized spacial score (nSPS) is 20.8. The van der Waals surface area contributed by atoms with E-state index in [0.717, 1.165) is 0 Å². The Labute approximate surface area is 153 Å². The molecule has 0 spiro atoms. The average Bonchev–Trinajstić information content (AvgIpc) is 2.80. The molecule has 2 atom stereocenters. The second kappa shape index (κ2) is 7.27. The molecule has 1 aromatic rings. The van der Waals surface area contributed by atoms with Crippen LogP contribution < -0.4 is 10.2 Å². The highest BCUT2D eigenvalue weighted by atomic mass is 79.9. The van der Waals surface area contributed by atoms with Gasteiger partial charge < -0.3 is 15.0 Å². The number of rotatable bonds is 3. The van der Waals surface area contributed by atoms with E-state index in [1.807, 2.05) is 6.92 Å². The predicted octanol–water partition coefficient (Wildman–Crippen LogP) is 4.14. The van der Waals surface area contributed by atoms with E-state index in [0.29, 0.717) is 12.8 Å². The number of alkyl carbamates (subject to hydrolysis) is 1. The van der Waals surface area contributed by atoms with Crippen LogP contribution in [0.3, 0.4) is 0 Å². The van der Waals surface area contributed by atoms with Gasteiger partial charge in [-0.2, -0.15) is 0 Å². The summed E-state index contributed by atoms with van der Waals surface area (Å²) in [5.41, 5.74) is -0.831. The van der Waals surface area contributed by atoms with Crippen molar-refractivity contribution < 1.29 is 23.1 Å². The van der Waals surface area contributed by atoms with E-state index in [-0.39, 0.29) is 16.2 Å². The topological polar surface area (TPSA) is 58.6 Å². The first-order valence-corrected chi connectivity index (χ1v) is 8.80. The molecule has 1 aromatic carbocycles. The maximum atomic E-state index is 14.3. The SMILES string of the molecule is CC[C@@H]1C[C@@H](NC(=O)OC(C)(C)C)C(=O)N1c1ccc(Br)c(F)c1F. The molecule has 0 aromatic heterocycles. The van der Waals surface area contributed by atoms with Gasteiger partial charge in [0.25, 0.3) is 0 Å². The van der Waals surface area contributed by atoms with Gasteiger partial charge in [0.2, 0.25) is 5.91 Å². The van der Waals surface area contributed by atoms with Crippen molar-refractivity contribution in [2.45, 2.75) is 58.2 Å². The second-order valence-electron chi connectivity index (χ2n) is 6.90. The lowest BCUT2D eigenvalue weighted by Crippen LogP contribution is -2.44. The van der Waals surface area contributed by atoms with Crippen LogP contribution in [0.4, 0.5) is 19.3 Å². The van der Waals surface area contributed by atoms with Crippen molar-refractivity contribution in [3.8, 4) is 0 Å². The maximum Gasteiger partial charge on any atom is 0.408 e. The van der Waals surface area contributed by atoms with E-state index in [1.54, 1.807) is 20.8 Å². The lowest BCUT2D eigenvalue weighted by atomic mass is 10.1. The molecule has 138 valence electrons. The molecule has 0 unspecified atom stereocenters. The van der Waals surface area contributed by atoms with E-state index in [2.05, 4.69) is 21.2 Å². The second-order valence-corrected chi connectivity index (χ2v) is 7.75. The van der Waals surface area contributed by atoms with Gasteiger partial charge in [-0.15, -0.1) is 0 Å². The maximum absolute atomic E-state index is 14.3. The largest absolute Gasteiger partial charge is 0.444 e. The predicted molar refractivity (Wildman–Crippen MR) is 93.4 cm³/mol. The summed E-state index contributed by atoms with van der Waals surface area (Å²) < 4.78 is 33.3. The van der Waals surface area contributed by atoms with Crippen molar-refractivity contribution in [1.29, 1.82) is 0 Å². The number of ether oxygens (including phenoxy) is 1. The van der Waals surface area contributed by atoms with Crippen LogP contribution in [0, 0.1) is 11.6 Å². The third kappa shape index (κ3) is 4.29. The fourth-order valence-corrected chi connectivity index (χ4v) is 3.07. The summed E-state index contributed by atoms with van der Waals surface area (Å²) in [6, 6.07) is 1.51. The van der Waals surface area contributed by atoms with E-state index in [4.69, 9.17) is 4.74 Å². The monoisotopic (exact) mass is 418 g/mol. The number of amides is 2. The van der Waals surface area contributed by atoms with Crippen LogP contribution in [0.25, 0.3) is 0 Å². The van der Waals surface area contributed by atoms with Gasteiger partial charge in [-0.1, -0.05) is 6.92 Å². The molecule has 2 amide bonds. The molecule has 1 fully saturated rings. The van der Waals surface area contributed by atoms with Gasteiger partial charge >= 0.3 is 6.09 Å². The summed E-state index contributed by atoms with van der Waals surface area (Å²) in [6.45, 7) is 6.98. The van der Waals surface area contributed by atoms with E-state index in [1.165, 1.54) is 17.0 Å². The number of hydrogen-bond donors (Lipinski definition) is 1. The fourth-order valence-electron chi connectivity index (χ4n) is 2.76. The summed E-state index contributed by atoms with van der Waals surface area (Å²) in [5, 5.41) is 2.52. The number of hydrogen-bond acceptors (Lipinski definition) is 3. The molecule has 0 bridgehead atoms. The van der Waals surface area contributed by atoms with Gasteiger partial charge in [-0.25, -0.2) is 13.6 Å². The standard InChI is InChI=1S/C17H21BrF2N2O3/c1-5-9-8-11(21-16(24)25-17(2,3)4)15(23)22(9)12-7-6-10(18)13(19)14(12)20/h6-7,9,11H,5,8H2,1-4H3,(H,21,24)/t9-,11-/m1/s1. The van der Waals surface area contributed by atoms with Crippen LogP contribution in [0.5, 0.6) is 0 Å². The Morgan fingerprint density at radius 3 is 2.56 bits per heavy atom. The molecule has 25 heavy (non-hydrogen) atoms. The van der Waals surface area contributed by atoms with Crippen LogP contribution in [0.1, 0.15) is 40.5 Å². The smallest absolute Gasteiger partial charge is 0.408 e. The van der Waals surface area contributed by atoms with Crippen molar-refractivity contribution in [3.63, 3.8) is 0 Å². The van der Waals surface area contributed by atoms with Crippen molar-refractivity contribution in [3.05, 3.63) is 28.2 Å². The first-order valence-electron chi connectivity index (χ1n) is 8.01. The first-order chi connectivity index (χ1) is 11.5. The fraction of sp³-hybridized carbons (Fsp3) is 0.529. The number of carbonyl (C=O) groups is 2. The highest BCUT2D eigenvalue weighted by molar-refractivity contribution is 9.10. The van der Waals surface area contributed by atoms with Crippen LogP contribution in [0.15, 0.2) is 16.6 Å². The Morgan fingerprint density at radius 1 is 1.36 bits per heavy atom. The summed E-state index contributed by atoms with van der Waals surface area (Å²) in [6.07, 6.45) is 0.117. The molecule has 0 saturated carbocycles. The molecule has 0 radical (unpaired) electrons. The third-order valence-electron chi connectivity index (χ3n) is 3.85. The zero-order valence-electron chi connectivity index (χ0n) is 14.5. The molecule has 1 aliphatic rings. The van der Waals surface area contributed by atoms with Gasteiger partial charge in [-0.3, -0.25) is 4.79 Å². The quantitative estimate of drug-likeness (QED) is 0.750. The molecule has 1 saturated heterocycles. The highest BCUT2D eigenvalue weighted by Crippen LogP contribution is 2.34. The molecule has 8 heteroatoms. The van der Waals surface area contributed by atoms with E-state index < -0.39 is 35.3 Å². The minimum atomic E-state index is -1.10. The van der Waals surface area contributed by atoms with Crippen molar-refractivity contribution in [2.24, 2.45) is 0 Å². The van der Waals surface area contributed by atoms with Gasteiger partial charge in [0.05, 0.1) is 10.2 Å². The number of nitrogens with one attached hydrogen (secondary N) is 1. The number of benzene rings is 1.